The zero-order valence-electron chi connectivity index (χ0n) is 8.38. The van der Waals surface area contributed by atoms with Gasteiger partial charge < -0.3 is 4.79 Å². The fraction of sp³-hybridized carbons (Fsp3) is 0.300. The second-order valence-corrected chi connectivity index (χ2v) is 5.10. The molecule has 0 bridgehead atoms. The standard InChI is InChI=1S/C10H13NO3S/c1-15(13,14)11-10(8-12)7-9-5-3-2-4-6-9/h2-6,8,10-11H,7H2,1H3. The van der Waals surface area contributed by atoms with Gasteiger partial charge in [0.15, 0.2) is 0 Å². The molecule has 0 aromatic heterocycles. The molecule has 0 saturated heterocycles. The number of sulfonamides is 1. The Morgan fingerprint density at radius 1 is 1.33 bits per heavy atom. The van der Waals surface area contributed by atoms with E-state index in [9.17, 15) is 13.2 Å². The molecule has 0 spiro atoms. The summed E-state index contributed by atoms with van der Waals surface area (Å²) < 4.78 is 24.1. The Hall–Kier alpha value is -1.20. The minimum Gasteiger partial charge on any atom is -0.302 e. The summed E-state index contributed by atoms with van der Waals surface area (Å²) >= 11 is 0. The summed E-state index contributed by atoms with van der Waals surface area (Å²) in [7, 11) is -3.34. The van der Waals surface area contributed by atoms with Gasteiger partial charge in [-0.15, -0.1) is 0 Å². The van der Waals surface area contributed by atoms with Gasteiger partial charge in [-0.2, -0.15) is 0 Å². The van der Waals surface area contributed by atoms with Crippen LogP contribution in [0.2, 0.25) is 0 Å². The number of carbonyl (C=O) groups excluding carboxylic acids is 1. The van der Waals surface area contributed by atoms with E-state index < -0.39 is 16.1 Å². The molecule has 1 rings (SSSR count). The number of carbonyl (C=O) groups is 1. The van der Waals surface area contributed by atoms with Gasteiger partial charge in [-0.25, -0.2) is 13.1 Å². The molecule has 82 valence electrons. The number of nitrogens with one attached hydrogen (secondary N) is 1. The average Bonchev–Trinajstić information content (AvgIpc) is 2.16. The van der Waals surface area contributed by atoms with Crippen LogP contribution in [0, 0.1) is 0 Å². The van der Waals surface area contributed by atoms with E-state index in [0.717, 1.165) is 11.8 Å². The van der Waals surface area contributed by atoms with Crippen molar-refractivity contribution in [2.45, 2.75) is 12.5 Å². The average molecular weight is 227 g/mol. The molecular formula is C10H13NO3S. The van der Waals surface area contributed by atoms with E-state index in [4.69, 9.17) is 0 Å². The second kappa shape index (κ2) is 5.04. The molecule has 0 radical (unpaired) electrons. The van der Waals surface area contributed by atoms with Gasteiger partial charge in [0.2, 0.25) is 10.0 Å². The van der Waals surface area contributed by atoms with Crippen molar-refractivity contribution >= 4 is 16.3 Å². The molecule has 1 atom stereocenters. The molecule has 0 heterocycles. The Morgan fingerprint density at radius 2 is 1.93 bits per heavy atom. The van der Waals surface area contributed by atoms with Gasteiger partial charge in [0, 0.05) is 0 Å². The predicted molar refractivity (Wildman–Crippen MR) is 58.0 cm³/mol. The zero-order valence-corrected chi connectivity index (χ0v) is 9.20. The Balaban J connectivity index is 2.67. The molecule has 1 aromatic rings. The number of rotatable bonds is 5. The maximum Gasteiger partial charge on any atom is 0.209 e. The van der Waals surface area contributed by atoms with Crippen molar-refractivity contribution in [1.82, 2.24) is 4.72 Å². The van der Waals surface area contributed by atoms with Crippen LogP contribution >= 0.6 is 0 Å². The Labute approximate surface area is 89.4 Å². The molecule has 0 aliphatic carbocycles. The lowest BCUT2D eigenvalue weighted by Gasteiger charge is -2.10. The molecule has 4 nitrogen and oxygen atoms in total. The Morgan fingerprint density at radius 3 is 2.40 bits per heavy atom. The largest absolute Gasteiger partial charge is 0.302 e. The molecule has 1 aromatic carbocycles. The number of benzene rings is 1. The van der Waals surface area contributed by atoms with Crippen molar-refractivity contribution in [2.75, 3.05) is 6.26 Å². The zero-order chi connectivity index (χ0) is 11.3. The maximum absolute atomic E-state index is 10.9. The highest BCUT2D eigenvalue weighted by Gasteiger charge is 2.12. The highest BCUT2D eigenvalue weighted by atomic mass is 32.2. The van der Waals surface area contributed by atoms with Gasteiger partial charge in [-0.3, -0.25) is 0 Å². The molecule has 0 fully saturated rings. The van der Waals surface area contributed by atoms with Gasteiger partial charge in [0.1, 0.15) is 6.29 Å². The lowest BCUT2D eigenvalue weighted by Crippen LogP contribution is -2.36. The van der Waals surface area contributed by atoms with Crippen LogP contribution in [0.15, 0.2) is 30.3 Å². The lowest BCUT2D eigenvalue weighted by atomic mass is 10.1. The van der Waals surface area contributed by atoms with Crippen LogP contribution in [0.1, 0.15) is 5.56 Å². The van der Waals surface area contributed by atoms with E-state index in [-0.39, 0.29) is 0 Å². The van der Waals surface area contributed by atoms with E-state index in [1.807, 2.05) is 30.3 Å². The first-order valence-electron chi connectivity index (χ1n) is 4.48. The first kappa shape index (κ1) is 11.9. The summed E-state index contributed by atoms with van der Waals surface area (Å²) in [6, 6.07) is 8.56. The fourth-order valence-electron chi connectivity index (χ4n) is 1.26. The molecule has 0 amide bonds. The summed E-state index contributed by atoms with van der Waals surface area (Å²) in [6.07, 6.45) is 2.01. The summed E-state index contributed by atoms with van der Waals surface area (Å²) in [6.45, 7) is 0. The highest BCUT2D eigenvalue weighted by Crippen LogP contribution is 2.02. The van der Waals surface area contributed by atoms with Gasteiger partial charge >= 0.3 is 0 Å². The van der Waals surface area contributed by atoms with E-state index in [1.165, 1.54) is 0 Å². The molecule has 0 aliphatic heterocycles. The maximum atomic E-state index is 10.9. The third kappa shape index (κ3) is 4.71. The van der Waals surface area contributed by atoms with Crippen molar-refractivity contribution in [3.05, 3.63) is 35.9 Å². The number of hydrogen-bond acceptors (Lipinski definition) is 3. The number of hydrogen-bond donors (Lipinski definition) is 1. The van der Waals surface area contributed by atoms with E-state index in [2.05, 4.69) is 4.72 Å². The van der Waals surface area contributed by atoms with Gasteiger partial charge in [-0.05, 0) is 12.0 Å². The minimum absolute atomic E-state index is 0.372. The van der Waals surface area contributed by atoms with Gasteiger partial charge in [-0.1, -0.05) is 30.3 Å². The quantitative estimate of drug-likeness (QED) is 0.738. The summed E-state index contributed by atoms with van der Waals surface area (Å²) in [5, 5.41) is 0. The van der Waals surface area contributed by atoms with Crippen LogP contribution in [0.4, 0.5) is 0 Å². The monoisotopic (exact) mass is 227 g/mol. The first-order chi connectivity index (χ1) is 7.01. The second-order valence-electron chi connectivity index (χ2n) is 3.32. The summed E-state index contributed by atoms with van der Waals surface area (Å²) in [4.78, 5) is 10.7. The Kier molecular flexibility index (Phi) is 3.99. The molecular weight excluding hydrogens is 214 g/mol. The first-order valence-corrected chi connectivity index (χ1v) is 6.37. The van der Waals surface area contributed by atoms with Crippen molar-refractivity contribution in [2.24, 2.45) is 0 Å². The Bertz CT molecular complexity index is 414. The molecule has 1 unspecified atom stereocenters. The van der Waals surface area contributed by atoms with E-state index in [0.29, 0.717) is 12.7 Å². The molecule has 5 heteroatoms. The minimum atomic E-state index is -3.34. The molecule has 15 heavy (non-hydrogen) atoms. The van der Waals surface area contributed by atoms with Crippen LogP contribution in [0.25, 0.3) is 0 Å². The third-order valence-corrected chi connectivity index (χ3v) is 2.56. The van der Waals surface area contributed by atoms with Crippen LogP contribution in [0.3, 0.4) is 0 Å². The third-order valence-electron chi connectivity index (χ3n) is 1.83. The van der Waals surface area contributed by atoms with Gasteiger partial charge in [0.25, 0.3) is 0 Å². The predicted octanol–water partition coefficient (Wildman–Crippen LogP) is 0.346. The van der Waals surface area contributed by atoms with Crippen LogP contribution in [-0.4, -0.2) is 27.0 Å². The molecule has 0 aliphatic rings. The van der Waals surface area contributed by atoms with Crippen LogP contribution in [0.5, 0.6) is 0 Å². The SMILES string of the molecule is CS(=O)(=O)NC(C=O)Cc1ccccc1. The normalized spacial score (nSPS) is 13.4. The van der Waals surface area contributed by atoms with Crippen molar-refractivity contribution < 1.29 is 13.2 Å². The number of aldehydes is 1. The van der Waals surface area contributed by atoms with Crippen molar-refractivity contribution in [3.8, 4) is 0 Å². The van der Waals surface area contributed by atoms with Gasteiger partial charge in [0.05, 0.1) is 12.3 Å². The van der Waals surface area contributed by atoms with Crippen molar-refractivity contribution in [1.29, 1.82) is 0 Å². The smallest absolute Gasteiger partial charge is 0.209 e. The summed E-state index contributed by atoms with van der Waals surface area (Å²) in [5.74, 6) is 0. The molecule has 1 N–H and O–H groups in total. The lowest BCUT2D eigenvalue weighted by molar-refractivity contribution is -0.109. The van der Waals surface area contributed by atoms with E-state index in [1.54, 1.807) is 0 Å². The summed E-state index contributed by atoms with van der Waals surface area (Å²) in [5.41, 5.74) is 0.922. The van der Waals surface area contributed by atoms with E-state index >= 15 is 0 Å². The molecule has 0 saturated carbocycles. The fourth-order valence-corrected chi connectivity index (χ4v) is 1.95. The highest BCUT2D eigenvalue weighted by molar-refractivity contribution is 7.88. The topological polar surface area (TPSA) is 63.2 Å². The van der Waals surface area contributed by atoms with Crippen molar-refractivity contribution in [3.63, 3.8) is 0 Å². The van der Waals surface area contributed by atoms with Crippen LogP contribution in [-0.2, 0) is 21.2 Å². The van der Waals surface area contributed by atoms with Crippen LogP contribution < -0.4 is 4.72 Å².